The molecule has 0 aromatic carbocycles. The molecule has 0 saturated carbocycles. The molecule has 4 nitrogen and oxygen atoms in total. The lowest BCUT2D eigenvalue weighted by Gasteiger charge is -2.41. The van der Waals surface area contributed by atoms with E-state index in [9.17, 15) is 4.79 Å². The molecule has 2 fully saturated rings. The van der Waals surface area contributed by atoms with Gasteiger partial charge in [-0.15, -0.1) is 0 Å². The van der Waals surface area contributed by atoms with Gasteiger partial charge < -0.3 is 14.5 Å². The van der Waals surface area contributed by atoms with E-state index in [2.05, 4.69) is 18.5 Å². The fourth-order valence-corrected chi connectivity index (χ4v) is 2.23. The van der Waals surface area contributed by atoms with Gasteiger partial charge in [-0.25, -0.2) is 0 Å². The van der Waals surface area contributed by atoms with Crippen LogP contribution in [0.1, 0.15) is 12.8 Å². The van der Waals surface area contributed by atoms with Crippen molar-refractivity contribution in [3.8, 4) is 0 Å². The zero-order valence-corrected chi connectivity index (χ0v) is 9.89. The molecule has 0 unspecified atom stereocenters. The minimum atomic E-state index is 0.0169. The second-order valence-electron chi connectivity index (χ2n) is 4.71. The molecule has 16 heavy (non-hydrogen) atoms. The summed E-state index contributed by atoms with van der Waals surface area (Å²) < 4.78 is 5.95. The molecule has 2 heterocycles. The SMILES string of the molecule is C=CC(=O)N1CC(OC2CCN(C)CC2)C1. The third-order valence-electron chi connectivity index (χ3n) is 3.38. The number of carbonyl (C=O) groups is 1. The van der Waals surface area contributed by atoms with Gasteiger partial charge in [-0.3, -0.25) is 4.79 Å². The predicted octanol–water partition coefficient (Wildman–Crippen LogP) is 0.494. The van der Waals surface area contributed by atoms with E-state index < -0.39 is 0 Å². The first-order valence-corrected chi connectivity index (χ1v) is 5.94. The molecule has 0 radical (unpaired) electrons. The Morgan fingerprint density at radius 3 is 2.50 bits per heavy atom. The molecular weight excluding hydrogens is 204 g/mol. The maximum absolute atomic E-state index is 11.2. The predicted molar refractivity (Wildman–Crippen MR) is 62.2 cm³/mol. The average Bonchev–Trinajstić information content (AvgIpc) is 2.24. The Labute approximate surface area is 96.8 Å². The number of likely N-dealkylation sites (tertiary alicyclic amines) is 2. The van der Waals surface area contributed by atoms with Crippen molar-refractivity contribution < 1.29 is 9.53 Å². The number of amides is 1. The van der Waals surface area contributed by atoms with Crippen LogP contribution in [-0.4, -0.2) is 61.1 Å². The minimum absolute atomic E-state index is 0.0169. The summed E-state index contributed by atoms with van der Waals surface area (Å²) in [5.74, 6) is 0.0169. The molecule has 0 bridgehead atoms. The van der Waals surface area contributed by atoms with Gasteiger partial charge in [-0.2, -0.15) is 0 Å². The molecule has 2 saturated heterocycles. The molecule has 90 valence electrons. The maximum Gasteiger partial charge on any atom is 0.246 e. The summed E-state index contributed by atoms with van der Waals surface area (Å²) in [5.41, 5.74) is 0. The Morgan fingerprint density at radius 2 is 1.94 bits per heavy atom. The Morgan fingerprint density at radius 1 is 1.31 bits per heavy atom. The van der Waals surface area contributed by atoms with Gasteiger partial charge in [0, 0.05) is 26.2 Å². The van der Waals surface area contributed by atoms with E-state index in [1.54, 1.807) is 4.90 Å². The van der Waals surface area contributed by atoms with Crippen molar-refractivity contribution in [2.24, 2.45) is 0 Å². The number of rotatable bonds is 3. The van der Waals surface area contributed by atoms with Crippen LogP contribution in [0.4, 0.5) is 0 Å². The van der Waals surface area contributed by atoms with Gasteiger partial charge in [-0.1, -0.05) is 6.58 Å². The van der Waals surface area contributed by atoms with E-state index in [0.717, 1.165) is 39.0 Å². The summed E-state index contributed by atoms with van der Waals surface area (Å²) in [7, 11) is 2.14. The van der Waals surface area contributed by atoms with E-state index in [1.165, 1.54) is 6.08 Å². The van der Waals surface area contributed by atoms with Crippen molar-refractivity contribution in [1.82, 2.24) is 9.80 Å². The molecular formula is C12H20N2O2. The Balaban J connectivity index is 1.66. The lowest BCUT2D eigenvalue weighted by atomic mass is 10.1. The largest absolute Gasteiger partial charge is 0.371 e. The van der Waals surface area contributed by atoms with Crippen LogP contribution in [0.2, 0.25) is 0 Å². The minimum Gasteiger partial charge on any atom is -0.371 e. The smallest absolute Gasteiger partial charge is 0.246 e. The first-order valence-electron chi connectivity index (χ1n) is 5.94. The highest BCUT2D eigenvalue weighted by Crippen LogP contribution is 2.19. The highest BCUT2D eigenvalue weighted by Gasteiger charge is 2.32. The lowest BCUT2D eigenvalue weighted by Crippen LogP contribution is -2.55. The quantitative estimate of drug-likeness (QED) is 0.654. The lowest BCUT2D eigenvalue weighted by molar-refractivity contribution is -0.147. The van der Waals surface area contributed by atoms with Crippen LogP contribution < -0.4 is 0 Å². The van der Waals surface area contributed by atoms with Gasteiger partial charge in [0.25, 0.3) is 0 Å². The summed E-state index contributed by atoms with van der Waals surface area (Å²) in [6.07, 6.45) is 4.23. The van der Waals surface area contributed by atoms with E-state index >= 15 is 0 Å². The van der Waals surface area contributed by atoms with Gasteiger partial charge >= 0.3 is 0 Å². The second-order valence-corrected chi connectivity index (χ2v) is 4.71. The van der Waals surface area contributed by atoms with Gasteiger partial charge in [0.15, 0.2) is 0 Å². The Kier molecular flexibility index (Phi) is 3.61. The van der Waals surface area contributed by atoms with E-state index in [-0.39, 0.29) is 12.0 Å². The van der Waals surface area contributed by atoms with Crippen molar-refractivity contribution in [1.29, 1.82) is 0 Å². The molecule has 2 rings (SSSR count). The normalized spacial score (nSPS) is 24.2. The molecule has 2 aliphatic rings. The summed E-state index contributed by atoms with van der Waals surface area (Å²) in [4.78, 5) is 15.3. The molecule has 0 aromatic rings. The highest BCUT2D eigenvalue weighted by atomic mass is 16.5. The van der Waals surface area contributed by atoms with Crippen LogP contribution in [0.15, 0.2) is 12.7 Å². The Bertz CT molecular complexity index is 266. The standard InChI is InChI=1S/C12H20N2O2/c1-3-12(15)14-8-11(9-14)16-10-4-6-13(2)7-5-10/h3,10-11H,1,4-9H2,2H3. The van der Waals surface area contributed by atoms with Gasteiger partial charge in [0.1, 0.15) is 0 Å². The number of carbonyl (C=O) groups excluding carboxylic acids is 1. The summed E-state index contributed by atoms with van der Waals surface area (Å²) >= 11 is 0. The molecule has 0 aliphatic carbocycles. The van der Waals surface area contributed by atoms with Crippen LogP contribution in [0.3, 0.4) is 0 Å². The number of nitrogens with zero attached hydrogens (tertiary/aromatic N) is 2. The topological polar surface area (TPSA) is 32.8 Å². The van der Waals surface area contributed by atoms with E-state index in [0.29, 0.717) is 6.10 Å². The van der Waals surface area contributed by atoms with Gasteiger partial charge in [0.2, 0.25) is 5.91 Å². The third kappa shape index (κ3) is 2.62. The molecule has 0 aromatic heterocycles. The summed E-state index contributed by atoms with van der Waals surface area (Å²) in [6.45, 7) is 7.18. The van der Waals surface area contributed by atoms with Crippen molar-refractivity contribution in [3.05, 3.63) is 12.7 Å². The van der Waals surface area contributed by atoms with Gasteiger partial charge in [-0.05, 0) is 26.0 Å². The number of ether oxygens (including phenoxy) is 1. The molecule has 0 N–H and O–H groups in total. The molecule has 1 amide bonds. The summed E-state index contributed by atoms with van der Waals surface area (Å²) in [6, 6.07) is 0. The van der Waals surface area contributed by atoms with E-state index in [4.69, 9.17) is 4.74 Å². The van der Waals surface area contributed by atoms with Crippen molar-refractivity contribution >= 4 is 5.91 Å². The number of hydrogen-bond donors (Lipinski definition) is 0. The zero-order valence-electron chi connectivity index (χ0n) is 9.89. The monoisotopic (exact) mass is 224 g/mol. The number of piperidine rings is 1. The third-order valence-corrected chi connectivity index (χ3v) is 3.38. The fourth-order valence-electron chi connectivity index (χ4n) is 2.23. The highest BCUT2D eigenvalue weighted by molar-refractivity contribution is 5.87. The van der Waals surface area contributed by atoms with Crippen molar-refractivity contribution in [3.63, 3.8) is 0 Å². The molecule has 4 heteroatoms. The zero-order chi connectivity index (χ0) is 11.5. The van der Waals surface area contributed by atoms with Crippen molar-refractivity contribution in [2.45, 2.75) is 25.0 Å². The molecule has 0 spiro atoms. The first-order chi connectivity index (χ1) is 7.69. The fraction of sp³-hybridized carbons (Fsp3) is 0.750. The molecule has 2 aliphatic heterocycles. The van der Waals surface area contributed by atoms with E-state index in [1.807, 2.05) is 0 Å². The average molecular weight is 224 g/mol. The van der Waals surface area contributed by atoms with Crippen LogP contribution >= 0.6 is 0 Å². The summed E-state index contributed by atoms with van der Waals surface area (Å²) in [5, 5.41) is 0. The number of hydrogen-bond acceptors (Lipinski definition) is 3. The molecule has 0 atom stereocenters. The van der Waals surface area contributed by atoms with Crippen LogP contribution in [0, 0.1) is 0 Å². The van der Waals surface area contributed by atoms with Crippen molar-refractivity contribution in [2.75, 3.05) is 33.2 Å². The van der Waals surface area contributed by atoms with Crippen LogP contribution in [0.25, 0.3) is 0 Å². The van der Waals surface area contributed by atoms with Crippen LogP contribution in [0.5, 0.6) is 0 Å². The van der Waals surface area contributed by atoms with Gasteiger partial charge in [0.05, 0.1) is 12.2 Å². The van der Waals surface area contributed by atoms with Crippen LogP contribution in [-0.2, 0) is 9.53 Å². The maximum atomic E-state index is 11.2. The second kappa shape index (κ2) is 4.97. The Hall–Kier alpha value is -0.870. The first kappa shape index (κ1) is 11.6.